The average molecular weight is 136 g/mol. The van der Waals surface area contributed by atoms with Crippen LogP contribution >= 0.6 is 0 Å². The van der Waals surface area contributed by atoms with Gasteiger partial charge in [-0.1, -0.05) is 6.08 Å². The lowest BCUT2D eigenvalue weighted by Gasteiger charge is -2.07. The largest absolute Gasteiger partial charge is 0.363 e. The van der Waals surface area contributed by atoms with Crippen LogP contribution in [-0.2, 0) is 0 Å². The molecule has 2 heteroatoms. The molecule has 0 bridgehead atoms. The maximum absolute atomic E-state index is 3.71. The molecule has 0 aliphatic carbocycles. The fourth-order valence-corrected chi connectivity index (χ4v) is 0.938. The fourth-order valence-electron chi connectivity index (χ4n) is 0.938. The molecular weight excluding hydrogens is 124 g/mol. The number of nitrogens with one attached hydrogen (secondary N) is 2. The van der Waals surface area contributed by atoms with Gasteiger partial charge in [-0.25, -0.2) is 0 Å². The molecule has 0 fully saturated rings. The molecule has 0 aliphatic rings. The van der Waals surface area contributed by atoms with Gasteiger partial charge in [0.2, 0.25) is 0 Å². The predicted molar refractivity (Wildman–Crippen MR) is 42.8 cm³/mol. The van der Waals surface area contributed by atoms with Crippen molar-refractivity contribution in [3.05, 3.63) is 36.7 Å². The van der Waals surface area contributed by atoms with E-state index in [9.17, 15) is 0 Å². The number of hydrogen-bond acceptors (Lipinski definition) is 1. The van der Waals surface area contributed by atoms with Gasteiger partial charge in [0.15, 0.2) is 0 Å². The summed E-state index contributed by atoms with van der Waals surface area (Å²) in [5.41, 5.74) is 1.15. The van der Waals surface area contributed by atoms with Gasteiger partial charge in [0.25, 0.3) is 0 Å². The molecule has 0 radical (unpaired) electrons. The lowest BCUT2D eigenvalue weighted by Crippen LogP contribution is -2.13. The van der Waals surface area contributed by atoms with Crippen LogP contribution in [0.15, 0.2) is 31.0 Å². The van der Waals surface area contributed by atoms with E-state index in [1.165, 1.54) is 0 Å². The third-order valence-electron chi connectivity index (χ3n) is 1.50. The molecule has 0 saturated heterocycles. The molecule has 0 aliphatic heterocycles. The quantitative estimate of drug-likeness (QED) is 0.605. The Kier molecular flexibility index (Phi) is 2.29. The van der Waals surface area contributed by atoms with Gasteiger partial charge in [0.05, 0.1) is 6.04 Å². The molecule has 2 nitrogen and oxygen atoms in total. The van der Waals surface area contributed by atoms with Crippen molar-refractivity contribution in [2.24, 2.45) is 0 Å². The second-order valence-electron chi connectivity index (χ2n) is 2.13. The number of H-pyrrole nitrogens is 1. The molecule has 1 rings (SSSR count). The highest BCUT2D eigenvalue weighted by Gasteiger charge is 2.02. The Morgan fingerprint density at radius 1 is 1.80 bits per heavy atom. The summed E-state index contributed by atoms with van der Waals surface area (Å²) in [6.45, 7) is 3.71. The van der Waals surface area contributed by atoms with Gasteiger partial charge in [-0.05, 0) is 19.2 Å². The highest BCUT2D eigenvalue weighted by molar-refractivity contribution is 5.13. The summed E-state index contributed by atoms with van der Waals surface area (Å²) in [4.78, 5) is 3.11. The summed E-state index contributed by atoms with van der Waals surface area (Å²) in [5.74, 6) is 0. The van der Waals surface area contributed by atoms with Crippen LogP contribution in [0.25, 0.3) is 0 Å². The van der Waals surface area contributed by atoms with Crippen molar-refractivity contribution in [2.45, 2.75) is 6.04 Å². The smallest absolute Gasteiger partial charge is 0.0653 e. The Balaban J connectivity index is 2.73. The van der Waals surface area contributed by atoms with Gasteiger partial charge in [0, 0.05) is 11.9 Å². The van der Waals surface area contributed by atoms with Crippen molar-refractivity contribution >= 4 is 0 Å². The average Bonchev–Trinajstić information content (AvgIpc) is 2.43. The van der Waals surface area contributed by atoms with Gasteiger partial charge in [0.1, 0.15) is 0 Å². The maximum atomic E-state index is 3.71. The minimum Gasteiger partial charge on any atom is -0.363 e. The molecule has 0 amide bonds. The summed E-state index contributed by atoms with van der Waals surface area (Å²) < 4.78 is 0. The molecule has 1 aromatic heterocycles. The van der Waals surface area contributed by atoms with E-state index in [1.54, 1.807) is 0 Å². The van der Waals surface area contributed by atoms with Crippen LogP contribution in [0.2, 0.25) is 0 Å². The van der Waals surface area contributed by atoms with Gasteiger partial charge in [-0.15, -0.1) is 6.58 Å². The zero-order valence-corrected chi connectivity index (χ0v) is 6.09. The zero-order valence-electron chi connectivity index (χ0n) is 6.09. The first kappa shape index (κ1) is 7.09. The minimum absolute atomic E-state index is 0.245. The minimum atomic E-state index is 0.245. The molecule has 1 heterocycles. The number of likely N-dealkylation sites (N-methyl/N-ethyl adjacent to an activating group) is 1. The summed E-state index contributed by atoms with van der Waals surface area (Å²) in [5, 5.41) is 3.10. The molecule has 10 heavy (non-hydrogen) atoms. The normalized spacial score (nSPS) is 12.9. The third kappa shape index (κ3) is 1.28. The predicted octanol–water partition coefficient (Wildman–Crippen LogP) is 1.46. The Bertz CT molecular complexity index is 189. The van der Waals surface area contributed by atoms with E-state index >= 15 is 0 Å². The van der Waals surface area contributed by atoms with Crippen molar-refractivity contribution in [2.75, 3.05) is 7.05 Å². The highest BCUT2D eigenvalue weighted by Crippen LogP contribution is 2.08. The van der Waals surface area contributed by atoms with Crippen LogP contribution in [0, 0.1) is 0 Å². The van der Waals surface area contributed by atoms with Gasteiger partial charge >= 0.3 is 0 Å². The molecule has 1 aromatic rings. The Morgan fingerprint density at radius 3 is 3.00 bits per heavy atom. The molecule has 1 unspecified atom stereocenters. The van der Waals surface area contributed by atoms with Crippen molar-refractivity contribution in [3.8, 4) is 0 Å². The van der Waals surface area contributed by atoms with E-state index in [-0.39, 0.29) is 6.04 Å². The van der Waals surface area contributed by atoms with E-state index in [2.05, 4.69) is 16.9 Å². The monoisotopic (exact) mass is 136 g/mol. The van der Waals surface area contributed by atoms with Crippen LogP contribution in [-0.4, -0.2) is 12.0 Å². The van der Waals surface area contributed by atoms with E-state index in [0.717, 1.165) is 5.69 Å². The molecule has 0 saturated carbocycles. The van der Waals surface area contributed by atoms with Crippen molar-refractivity contribution < 1.29 is 0 Å². The first-order valence-electron chi connectivity index (χ1n) is 3.31. The summed E-state index contributed by atoms with van der Waals surface area (Å²) in [7, 11) is 1.91. The highest BCUT2D eigenvalue weighted by atomic mass is 14.9. The van der Waals surface area contributed by atoms with Crippen LogP contribution in [0.4, 0.5) is 0 Å². The van der Waals surface area contributed by atoms with Crippen LogP contribution in [0.1, 0.15) is 11.7 Å². The Labute approximate surface area is 61.0 Å². The van der Waals surface area contributed by atoms with E-state index < -0.39 is 0 Å². The Morgan fingerprint density at radius 2 is 2.60 bits per heavy atom. The maximum Gasteiger partial charge on any atom is 0.0653 e. The lowest BCUT2D eigenvalue weighted by atomic mass is 10.2. The fraction of sp³-hybridized carbons (Fsp3) is 0.250. The third-order valence-corrected chi connectivity index (χ3v) is 1.50. The van der Waals surface area contributed by atoms with E-state index in [0.29, 0.717) is 0 Å². The first-order chi connectivity index (χ1) is 4.88. The lowest BCUT2D eigenvalue weighted by molar-refractivity contribution is 0.699. The molecule has 2 N–H and O–H groups in total. The van der Waals surface area contributed by atoms with E-state index in [1.807, 2.05) is 31.5 Å². The van der Waals surface area contributed by atoms with Crippen molar-refractivity contribution in [1.82, 2.24) is 10.3 Å². The van der Waals surface area contributed by atoms with Gasteiger partial charge < -0.3 is 10.3 Å². The van der Waals surface area contributed by atoms with Crippen LogP contribution in [0.5, 0.6) is 0 Å². The number of aromatic nitrogens is 1. The number of hydrogen-bond donors (Lipinski definition) is 2. The van der Waals surface area contributed by atoms with Crippen LogP contribution < -0.4 is 5.32 Å². The standard InChI is InChI=1S/C8H12N2/c1-3-7(9-2)8-5-4-6-10-8/h3-7,9-10H,1H2,2H3. The summed E-state index contributed by atoms with van der Waals surface area (Å²) in [6, 6.07) is 4.25. The molecule has 1 atom stereocenters. The van der Waals surface area contributed by atoms with Crippen molar-refractivity contribution in [3.63, 3.8) is 0 Å². The zero-order chi connectivity index (χ0) is 7.40. The SMILES string of the molecule is C=CC(NC)c1ccc[nH]1. The molecule has 0 spiro atoms. The molecule has 54 valence electrons. The van der Waals surface area contributed by atoms with Crippen LogP contribution in [0.3, 0.4) is 0 Å². The number of aromatic amines is 1. The summed E-state index contributed by atoms with van der Waals surface area (Å²) in [6.07, 6.45) is 3.77. The van der Waals surface area contributed by atoms with Gasteiger partial charge in [-0.3, -0.25) is 0 Å². The second-order valence-corrected chi connectivity index (χ2v) is 2.13. The summed E-state index contributed by atoms with van der Waals surface area (Å²) >= 11 is 0. The molecule has 0 aromatic carbocycles. The number of rotatable bonds is 3. The first-order valence-corrected chi connectivity index (χ1v) is 3.31. The Hall–Kier alpha value is -1.02. The molecular formula is C8H12N2. The topological polar surface area (TPSA) is 27.8 Å². The van der Waals surface area contributed by atoms with E-state index in [4.69, 9.17) is 0 Å². The second kappa shape index (κ2) is 3.22. The van der Waals surface area contributed by atoms with Crippen molar-refractivity contribution in [1.29, 1.82) is 0 Å². The van der Waals surface area contributed by atoms with Gasteiger partial charge in [-0.2, -0.15) is 0 Å².